The van der Waals surface area contributed by atoms with E-state index < -0.39 is 9.84 Å². The highest BCUT2D eigenvalue weighted by atomic mass is 32.2. The molecule has 0 aliphatic heterocycles. The average molecular weight is 237 g/mol. The lowest BCUT2D eigenvalue weighted by Gasteiger charge is -2.09. The minimum atomic E-state index is -3.15. The van der Waals surface area contributed by atoms with E-state index in [4.69, 9.17) is 5.26 Å². The van der Waals surface area contributed by atoms with Crippen molar-refractivity contribution < 1.29 is 8.42 Å². The van der Waals surface area contributed by atoms with Crippen LogP contribution in [-0.2, 0) is 9.84 Å². The van der Waals surface area contributed by atoms with Crippen LogP contribution in [0.4, 0.5) is 0 Å². The van der Waals surface area contributed by atoms with Crippen molar-refractivity contribution >= 4 is 9.84 Å². The van der Waals surface area contributed by atoms with Gasteiger partial charge in [0.15, 0.2) is 9.84 Å². The summed E-state index contributed by atoms with van der Waals surface area (Å²) in [5.74, 6) is 0.167. The molecule has 1 aromatic rings. The number of hydrogen-bond donors (Lipinski definition) is 0. The third-order valence-electron chi connectivity index (χ3n) is 2.56. The Hall–Kier alpha value is -1.34. The Bertz CT molecular complexity index is 500. The molecule has 0 saturated heterocycles. The van der Waals surface area contributed by atoms with Gasteiger partial charge in [-0.1, -0.05) is 26.0 Å². The summed E-state index contributed by atoms with van der Waals surface area (Å²) in [5, 5.41) is 8.61. The van der Waals surface area contributed by atoms with Gasteiger partial charge >= 0.3 is 0 Å². The van der Waals surface area contributed by atoms with E-state index in [-0.39, 0.29) is 11.7 Å². The van der Waals surface area contributed by atoms with Crippen LogP contribution in [0, 0.1) is 11.3 Å². The largest absolute Gasteiger partial charge is 0.224 e. The van der Waals surface area contributed by atoms with Gasteiger partial charge in [0, 0.05) is 6.42 Å². The van der Waals surface area contributed by atoms with Gasteiger partial charge in [0.25, 0.3) is 0 Å². The molecule has 3 nitrogen and oxygen atoms in total. The smallest absolute Gasteiger partial charge is 0.178 e. The number of nitrogens with zero attached hydrogens (tertiary/aromatic N) is 1. The Labute approximate surface area is 96.6 Å². The first-order valence-electron chi connectivity index (χ1n) is 5.21. The zero-order chi connectivity index (χ0) is 12.2. The van der Waals surface area contributed by atoms with E-state index in [1.807, 2.05) is 13.0 Å². The highest BCUT2D eigenvalue weighted by molar-refractivity contribution is 7.91. The molecule has 86 valence electrons. The van der Waals surface area contributed by atoms with E-state index in [9.17, 15) is 8.42 Å². The van der Waals surface area contributed by atoms with Crippen LogP contribution < -0.4 is 0 Å². The van der Waals surface area contributed by atoms with Crippen molar-refractivity contribution in [2.75, 3.05) is 5.75 Å². The second kappa shape index (κ2) is 5.13. The molecule has 0 fully saturated rings. The second-order valence-electron chi connectivity index (χ2n) is 3.74. The summed E-state index contributed by atoms with van der Waals surface area (Å²) in [6.07, 6.45) is 0.398. The van der Waals surface area contributed by atoms with Crippen LogP contribution in [-0.4, -0.2) is 14.2 Å². The zero-order valence-electron chi connectivity index (χ0n) is 9.47. The van der Waals surface area contributed by atoms with Gasteiger partial charge in [-0.3, -0.25) is 0 Å². The Morgan fingerprint density at radius 1 is 1.44 bits per heavy atom. The third kappa shape index (κ3) is 2.83. The number of benzene rings is 1. The minimum absolute atomic E-state index is 0.0667. The summed E-state index contributed by atoms with van der Waals surface area (Å²) in [5.41, 5.74) is 0.899. The van der Waals surface area contributed by atoms with Crippen molar-refractivity contribution in [3.8, 4) is 6.07 Å². The molecule has 0 heterocycles. The van der Waals surface area contributed by atoms with Crippen molar-refractivity contribution in [3.63, 3.8) is 0 Å². The quantitative estimate of drug-likeness (QED) is 0.808. The topological polar surface area (TPSA) is 57.9 Å². The van der Waals surface area contributed by atoms with Crippen molar-refractivity contribution in [2.45, 2.75) is 31.1 Å². The van der Waals surface area contributed by atoms with Crippen molar-refractivity contribution in [1.82, 2.24) is 0 Å². The molecule has 0 saturated carbocycles. The predicted octanol–water partition coefficient (Wildman–Crippen LogP) is 2.50. The van der Waals surface area contributed by atoms with Crippen LogP contribution in [0.1, 0.15) is 31.7 Å². The molecule has 1 aromatic carbocycles. The highest BCUT2D eigenvalue weighted by Gasteiger charge is 2.13. The lowest BCUT2D eigenvalue weighted by molar-refractivity contribution is 0.597. The summed E-state index contributed by atoms with van der Waals surface area (Å²) in [4.78, 5) is 0.345. The molecular weight excluding hydrogens is 222 g/mol. The summed E-state index contributed by atoms with van der Waals surface area (Å²) < 4.78 is 23.3. The monoisotopic (exact) mass is 237 g/mol. The van der Waals surface area contributed by atoms with Gasteiger partial charge in [-0.2, -0.15) is 5.26 Å². The fourth-order valence-electron chi connectivity index (χ4n) is 1.44. The van der Waals surface area contributed by atoms with E-state index in [0.29, 0.717) is 11.3 Å². The molecule has 0 radical (unpaired) electrons. The summed E-state index contributed by atoms with van der Waals surface area (Å²) in [6.45, 7) is 3.54. The Morgan fingerprint density at radius 3 is 2.69 bits per heavy atom. The lowest BCUT2D eigenvalue weighted by Crippen LogP contribution is -2.04. The molecule has 0 spiro atoms. The molecule has 4 heteroatoms. The van der Waals surface area contributed by atoms with E-state index in [1.54, 1.807) is 25.1 Å². The van der Waals surface area contributed by atoms with Crippen LogP contribution in [0.3, 0.4) is 0 Å². The van der Waals surface area contributed by atoms with E-state index in [2.05, 4.69) is 6.07 Å². The van der Waals surface area contributed by atoms with Crippen molar-refractivity contribution in [1.29, 1.82) is 5.26 Å². The molecule has 0 unspecified atom stereocenters. The number of sulfone groups is 1. The molecule has 0 amide bonds. The number of hydrogen-bond acceptors (Lipinski definition) is 3. The minimum Gasteiger partial charge on any atom is -0.224 e. The maximum absolute atomic E-state index is 11.7. The van der Waals surface area contributed by atoms with Crippen LogP contribution in [0.15, 0.2) is 29.2 Å². The molecule has 0 aromatic heterocycles. The summed E-state index contributed by atoms with van der Waals surface area (Å²) in [7, 11) is -3.15. The summed E-state index contributed by atoms with van der Waals surface area (Å²) in [6, 6.07) is 8.94. The summed E-state index contributed by atoms with van der Waals surface area (Å²) >= 11 is 0. The Morgan fingerprint density at radius 2 is 2.12 bits per heavy atom. The average Bonchev–Trinajstić information content (AvgIpc) is 2.29. The van der Waals surface area contributed by atoms with Gasteiger partial charge in [0.05, 0.1) is 16.7 Å². The number of nitriles is 1. The lowest BCUT2D eigenvalue weighted by atomic mass is 9.99. The molecule has 0 N–H and O–H groups in total. The normalized spacial score (nSPS) is 13.1. The third-order valence-corrected chi connectivity index (χ3v) is 4.30. The van der Waals surface area contributed by atoms with Crippen LogP contribution in [0.2, 0.25) is 0 Å². The van der Waals surface area contributed by atoms with Gasteiger partial charge in [-0.25, -0.2) is 8.42 Å². The molecule has 1 rings (SSSR count). The van der Waals surface area contributed by atoms with Crippen molar-refractivity contribution in [2.24, 2.45) is 0 Å². The van der Waals surface area contributed by atoms with Gasteiger partial charge < -0.3 is 0 Å². The molecule has 16 heavy (non-hydrogen) atoms. The van der Waals surface area contributed by atoms with Gasteiger partial charge in [-0.05, 0) is 23.6 Å². The van der Waals surface area contributed by atoms with E-state index in [0.717, 1.165) is 5.56 Å². The van der Waals surface area contributed by atoms with Crippen molar-refractivity contribution in [3.05, 3.63) is 29.8 Å². The predicted molar refractivity (Wildman–Crippen MR) is 62.8 cm³/mol. The van der Waals surface area contributed by atoms with Crippen LogP contribution >= 0.6 is 0 Å². The Kier molecular flexibility index (Phi) is 4.08. The maximum Gasteiger partial charge on any atom is 0.178 e. The fourth-order valence-corrected chi connectivity index (χ4v) is 2.37. The van der Waals surface area contributed by atoms with E-state index in [1.165, 1.54) is 0 Å². The molecule has 0 aliphatic carbocycles. The highest BCUT2D eigenvalue weighted by Crippen LogP contribution is 2.22. The maximum atomic E-state index is 11.7. The van der Waals surface area contributed by atoms with Crippen LogP contribution in [0.25, 0.3) is 0 Å². The molecule has 0 aliphatic rings. The standard InChI is InChI=1S/C12H15NO2S/c1-3-16(14,15)12-6-4-5-11(9-12)10(2)7-8-13/h4-6,9-10H,3,7H2,1-2H3/t10-/m1/s1. The van der Waals surface area contributed by atoms with E-state index >= 15 is 0 Å². The van der Waals surface area contributed by atoms with Gasteiger partial charge in [0.1, 0.15) is 0 Å². The van der Waals surface area contributed by atoms with Crippen LogP contribution in [0.5, 0.6) is 0 Å². The Balaban J connectivity index is 3.10. The van der Waals surface area contributed by atoms with Gasteiger partial charge in [0.2, 0.25) is 0 Å². The molecular formula is C12H15NO2S. The van der Waals surface area contributed by atoms with Gasteiger partial charge in [-0.15, -0.1) is 0 Å². The fraction of sp³-hybridized carbons (Fsp3) is 0.417. The molecule has 0 bridgehead atoms. The SMILES string of the molecule is CCS(=O)(=O)c1cccc([C@H](C)CC#N)c1. The first kappa shape index (κ1) is 12.7. The first-order valence-corrected chi connectivity index (χ1v) is 6.86. The first-order chi connectivity index (χ1) is 7.51. The zero-order valence-corrected chi connectivity index (χ0v) is 10.3. The molecule has 1 atom stereocenters. The number of rotatable bonds is 4. The second-order valence-corrected chi connectivity index (χ2v) is 6.02.